The average molecular weight is 399 g/mol. The van der Waals surface area contributed by atoms with Crippen molar-refractivity contribution in [3.8, 4) is 5.75 Å². The van der Waals surface area contributed by atoms with Crippen molar-refractivity contribution in [1.29, 1.82) is 0 Å². The maximum Gasteiger partial charge on any atom is 0.573 e. The Hall–Kier alpha value is -2.74. The fraction of sp³-hybridized carbons (Fsp3) is 0.222. The molecule has 0 radical (unpaired) electrons. The van der Waals surface area contributed by atoms with Crippen LogP contribution in [0, 0.1) is 0 Å². The highest BCUT2D eigenvalue weighted by Gasteiger charge is 2.43. The molecule has 0 saturated carbocycles. The number of amides is 3. The molecule has 1 saturated heterocycles. The molecule has 27 heavy (non-hydrogen) atoms. The minimum absolute atomic E-state index is 0.0759. The van der Waals surface area contributed by atoms with Crippen LogP contribution in [0.5, 0.6) is 5.75 Å². The molecular formula is C18H14ClF3N2O3. The van der Waals surface area contributed by atoms with E-state index in [2.05, 4.69) is 4.74 Å². The predicted molar refractivity (Wildman–Crippen MR) is 92.5 cm³/mol. The molecule has 3 amide bonds. The van der Waals surface area contributed by atoms with Crippen LogP contribution in [-0.4, -0.2) is 29.2 Å². The molecule has 1 heterocycles. The molecule has 2 aromatic rings. The minimum Gasteiger partial charge on any atom is -0.404 e. The first-order valence-electron chi connectivity index (χ1n) is 7.91. The van der Waals surface area contributed by atoms with Gasteiger partial charge >= 0.3 is 12.4 Å². The Kier molecular flexibility index (Phi) is 5.01. The van der Waals surface area contributed by atoms with Gasteiger partial charge in [-0.3, -0.25) is 4.79 Å². The van der Waals surface area contributed by atoms with Gasteiger partial charge in [-0.15, -0.1) is 13.2 Å². The lowest BCUT2D eigenvalue weighted by molar-refractivity contribution is -0.274. The number of hydrogen-bond donors (Lipinski definition) is 0. The van der Waals surface area contributed by atoms with Crippen LogP contribution in [0.1, 0.15) is 12.5 Å². The molecule has 1 aliphatic rings. The van der Waals surface area contributed by atoms with E-state index in [4.69, 9.17) is 11.6 Å². The summed E-state index contributed by atoms with van der Waals surface area (Å²) in [6.45, 7) is 1.82. The fourth-order valence-corrected chi connectivity index (χ4v) is 2.98. The summed E-state index contributed by atoms with van der Waals surface area (Å²) in [4.78, 5) is 27.6. The van der Waals surface area contributed by atoms with E-state index in [1.807, 2.05) is 30.3 Å². The normalized spacial score (nSPS) is 17.6. The van der Waals surface area contributed by atoms with Gasteiger partial charge in [0, 0.05) is 6.54 Å². The summed E-state index contributed by atoms with van der Waals surface area (Å²) in [6.07, 6.45) is -4.90. The van der Waals surface area contributed by atoms with Crippen LogP contribution in [0.15, 0.2) is 48.5 Å². The van der Waals surface area contributed by atoms with Crippen molar-refractivity contribution < 1.29 is 27.5 Å². The van der Waals surface area contributed by atoms with Crippen LogP contribution in [0.25, 0.3) is 0 Å². The molecule has 1 atom stereocenters. The van der Waals surface area contributed by atoms with Crippen molar-refractivity contribution in [2.45, 2.75) is 25.9 Å². The summed E-state index contributed by atoms with van der Waals surface area (Å²) >= 11 is 5.82. The number of anilines is 1. The minimum atomic E-state index is -4.90. The topological polar surface area (TPSA) is 49.9 Å². The zero-order valence-electron chi connectivity index (χ0n) is 14.0. The lowest BCUT2D eigenvalue weighted by atomic mass is 10.2. The Labute approximate surface area is 157 Å². The summed E-state index contributed by atoms with van der Waals surface area (Å²) in [5, 5.41) is -0.361. The number of urea groups is 1. The van der Waals surface area contributed by atoms with Crippen molar-refractivity contribution in [3.63, 3.8) is 0 Å². The standard InChI is InChI=1S/C18H14ClF3N2O3/c1-11-16(25)24(17(26)23(11)10-12-5-3-2-4-6-12)13-7-8-15(14(19)9-13)27-18(20,21)22/h2-9,11H,10H2,1H3/t11-/m0/s1. The van der Waals surface area contributed by atoms with Crippen LogP contribution in [0.2, 0.25) is 5.02 Å². The summed E-state index contributed by atoms with van der Waals surface area (Å²) in [5.74, 6) is -1.10. The molecule has 9 heteroatoms. The Balaban J connectivity index is 1.85. The monoisotopic (exact) mass is 398 g/mol. The molecule has 0 spiro atoms. The molecule has 0 aromatic heterocycles. The highest BCUT2D eigenvalue weighted by atomic mass is 35.5. The SMILES string of the molecule is C[C@H]1C(=O)N(c2ccc(OC(F)(F)F)c(Cl)c2)C(=O)N1Cc1ccccc1. The number of carbonyl (C=O) groups is 2. The van der Waals surface area contributed by atoms with E-state index in [9.17, 15) is 22.8 Å². The van der Waals surface area contributed by atoms with Gasteiger partial charge in [0.25, 0.3) is 5.91 Å². The third-order valence-electron chi connectivity index (χ3n) is 4.08. The lowest BCUT2D eigenvalue weighted by Crippen LogP contribution is -2.33. The molecule has 0 unspecified atom stereocenters. The molecule has 3 rings (SSSR count). The predicted octanol–water partition coefficient (Wildman–Crippen LogP) is 4.60. The van der Waals surface area contributed by atoms with Crippen molar-refractivity contribution in [2.75, 3.05) is 4.90 Å². The number of alkyl halides is 3. The third kappa shape index (κ3) is 4.00. The zero-order valence-corrected chi connectivity index (χ0v) is 14.8. The van der Waals surface area contributed by atoms with E-state index in [1.54, 1.807) is 6.92 Å². The van der Waals surface area contributed by atoms with E-state index in [0.29, 0.717) is 0 Å². The maximum atomic E-state index is 12.7. The fourth-order valence-electron chi connectivity index (χ4n) is 2.77. The molecule has 2 aromatic carbocycles. The van der Waals surface area contributed by atoms with Crippen LogP contribution in [0.3, 0.4) is 0 Å². The van der Waals surface area contributed by atoms with Gasteiger partial charge in [-0.25, -0.2) is 9.69 Å². The van der Waals surface area contributed by atoms with Gasteiger partial charge in [-0.05, 0) is 30.7 Å². The van der Waals surface area contributed by atoms with Crippen molar-refractivity contribution >= 4 is 29.2 Å². The first kappa shape index (κ1) is 19.0. The van der Waals surface area contributed by atoms with E-state index in [-0.39, 0.29) is 17.3 Å². The molecule has 5 nitrogen and oxygen atoms in total. The van der Waals surface area contributed by atoms with E-state index in [0.717, 1.165) is 22.6 Å². The highest BCUT2D eigenvalue weighted by molar-refractivity contribution is 6.32. The number of imide groups is 1. The number of carbonyl (C=O) groups excluding carboxylic acids is 2. The molecule has 142 valence electrons. The summed E-state index contributed by atoms with van der Waals surface area (Å²) < 4.78 is 40.8. The second-order valence-electron chi connectivity index (χ2n) is 5.91. The van der Waals surface area contributed by atoms with Crippen molar-refractivity contribution in [1.82, 2.24) is 4.90 Å². The van der Waals surface area contributed by atoms with Gasteiger partial charge in [0.05, 0.1) is 10.7 Å². The second kappa shape index (κ2) is 7.11. The molecule has 0 bridgehead atoms. The summed E-state index contributed by atoms with van der Waals surface area (Å²) in [7, 11) is 0. The third-order valence-corrected chi connectivity index (χ3v) is 4.37. The van der Waals surface area contributed by atoms with Gasteiger partial charge in [-0.1, -0.05) is 41.9 Å². The number of rotatable bonds is 4. The summed E-state index contributed by atoms with van der Waals surface area (Å²) in [5.41, 5.74) is 0.922. The quantitative estimate of drug-likeness (QED) is 0.707. The van der Waals surface area contributed by atoms with Crippen LogP contribution >= 0.6 is 11.6 Å². The number of halogens is 4. The number of nitrogens with zero attached hydrogens (tertiary/aromatic N) is 2. The van der Waals surface area contributed by atoms with Crippen molar-refractivity contribution in [3.05, 3.63) is 59.1 Å². The molecule has 1 aliphatic heterocycles. The Morgan fingerprint density at radius 2 is 1.78 bits per heavy atom. The zero-order chi connectivity index (χ0) is 19.8. The van der Waals surface area contributed by atoms with E-state index >= 15 is 0 Å². The molecule has 1 fully saturated rings. The second-order valence-corrected chi connectivity index (χ2v) is 6.32. The Morgan fingerprint density at radius 3 is 2.37 bits per heavy atom. The van der Waals surface area contributed by atoms with E-state index in [1.165, 1.54) is 11.0 Å². The smallest absolute Gasteiger partial charge is 0.404 e. The van der Waals surface area contributed by atoms with Crippen LogP contribution in [0.4, 0.5) is 23.7 Å². The van der Waals surface area contributed by atoms with Crippen LogP contribution < -0.4 is 9.64 Å². The largest absolute Gasteiger partial charge is 0.573 e. The Morgan fingerprint density at radius 1 is 1.11 bits per heavy atom. The van der Waals surface area contributed by atoms with Gasteiger partial charge in [0.1, 0.15) is 11.8 Å². The van der Waals surface area contributed by atoms with Gasteiger partial charge < -0.3 is 9.64 Å². The van der Waals surface area contributed by atoms with Gasteiger partial charge in [0.2, 0.25) is 0 Å². The number of hydrogen-bond acceptors (Lipinski definition) is 3. The number of benzene rings is 2. The Bertz CT molecular complexity index is 874. The van der Waals surface area contributed by atoms with Gasteiger partial charge in [-0.2, -0.15) is 0 Å². The first-order valence-corrected chi connectivity index (χ1v) is 8.29. The highest BCUT2D eigenvalue weighted by Crippen LogP contribution is 2.35. The lowest BCUT2D eigenvalue weighted by Gasteiger charge is -2.19. The van der Waals surface area contributed by atoms with E-state index < -0.39 is 30.1 Å². The first-order chi connectivity index (χ1) is 12.7. The van der Waals surface area contributed by atoms with Crippen molar-refractivity contribution in [2.24, 2.45) is 0 Å². The van der Waals surface area contributed by atoms with Crippen LogP contribution in [-0.2, 0) is 11.3 Å². The molecule has 0 N–H and O–H groups in total. The molecule has 0 aliphatic carbocycles. The number of ether oxygens (including phenoxy) is 1. The molecular weight excluding hydrogens is 385 g/mol. The average Bonchev–Trinajstić information content (AvgIpc) is 2.80. The van der Waals surface area contributed by atoms with Gasteiger partial charge in [0.15, 0.2) is 0 Å². The summed E-state index contributed by atoms with van der Waals surface area (Å²) in [6, 6.07) is 11.1. The maximum absolute atomic E-state index is 12.7.